The van der Waals surface area contributed by atoms with Gasteiger partial charge in [-0.2, -0.15) is 4.31 Å². The van der Waals surface area contributed by atoms with Crippen LogP contribution in [0, 0.1) is 0 Å². The molecule has 1 N–H and O–H groups in total. The summed E-state index contributed by atoms with van der Waals surface area (Å²) in [5, 5.41) is 3.07. The first kappa shape index (κ1) is 23.4. The Bertz CT molecular complexity index is 1130. The smallest absolute Gasteiger partial charge is 0.251 e. The van der Waals surface area contributed by atoms with Gasteiger partial charge in [0.2, 0.25) is 10.0 Å². The van der Waals surface area contributed by atoms with Gasteiger partial charge in [0.25, 0.3) is 5.91 Å². The van der Waals surface area contributed by atoms with E-state index < -0.39 is 10.0 Å². The zero-order chi connectivity index (χ0) is 23.0. The van der Waals surface area contributed by atoms with Gasteiger partial charge in [-0.05, 0) is 41.8 Å². The van der Waals surface area contributed by atoms with Crippen molar-refractivity contribution in [1.29, 1.82) is 0 Å². The number of nitrogens with zero attached hydrogens (tertiary/aromatic N) is 1. The molecule has 0 bridgehead atoms. The fourth-order valence-corrected chi connectivity index (χ4v) is 4.87. The summed E-state index contributed by atoms with van der Waals surface area (Å²) < 4.78 is 27.4. The highest BCUT2D eigenvalue weighted by atomic mass is 32.2. The minimum Gasteiger partial charge on any atom is -0.345 e. The Morgan fingerprint density at radius 3 is 2.12 bits per heavy atom. The van der Waals surface area contributed by atoms with Gasteiger partial charge in [0.05, 0.1) is 10.9 Å². The van der Waals surface area contributed by atoms with Crippen LogP contribution in [0.2, 0.25) is 0 Å². The number of carbonyl (C=O) groups is 1. The molecule has 0 unspecified atom stereocenters. The summed E-state index contributed by atoms with van der Waals surface area (Å²) in [5.41, 5.74) is 2.38. The molecule has 1 amide bonds. The number of amides is 1. The summed E-state index contributed by atoms with van der Waals surface area (Å²) in [6.45, 7) is 6.09. The molecule has 0 heterocycles. The molecule has 5 nitrogen and oxygen atoms in total. The van der Waals surface area contributed by atoms with Crippen LogP contribution in [0.3, 0.4) is 0 Å². The molecule has 0 aliphatic rings. The van der Waals surface area contributed by atoms with E-state index in [0.717, 1.165) is 17.5 Å². The topological polar surface area (TPSA) is 66.5 Å². The highest BCUT2D eigenvalue weighted by Gasteiger charge is 2.23. The maximum absolute atomic E-state index is 13.0. The molecule has 1 atom stereocenters. The first-order valence-electron chi connectivity index (χ1n) is 10.6. The lowest BCUT2D eigenvalue weighted by Gasteiger charge is -2.21. The summed E-state index contributed by atoms with van der Waals surface area (Å²) in [7, 11) is -3.66. The Labute approximate surface area is 190 Å². The monoisotopic (exact) mass is 448 g/mol. The van der Waals surface area contributed by atoms with Crippen LogP contribution in [0.15, 0.2) is 102 Å². The molecule has 0 saturated carbocycles. The third-order valence-electron chi connectivity index (χ3n) is 5.20. The van der Waals surface area contributed by atoms with E-state index in [9.17, 15) is 13.2 Å². The Morgan fingerprint density at radius 2 is 1.56 bits per heavy atom. The van der Waals surface area contributed by atoms with Crippen LogP contribution in [0.1, 0.15) is 40.9 Å². The van der Waals surface area contributed by atoms with Crippen molar-refractivity contribution in [1.82, 2.24) is 9.62 Å². The number of hydrogen-bond acceptors (Lipinski definition) is 3. The molecule has 0 saturated heterocycles. The van der Waals surface area contributed by atoms with E-state index in [2.05, 4.69) is 11.9 Å². The van der Waals surface area contributed by atoms with Crippen molar-refractivity contribution in [3.63, 3.8) is 0 Å². The van der Waals surface area contributed by atoms with Crippen LogP contribution >= 0.6 is 0 Å². The van der Waals surface area contributed by atoms with Gasteiger partial charge in [0.15, 0.2) is 0 Å². The van der Waals surface area contributed by atoms with Crippen LogP contribution in [0.5, 0.6) is 0 Å². The molecule has 0 radical (unpaired) electrons. The van der Waals surface area contributed by atoms with Crippen molar-refractivity contribution in [3.8, 4) is 0 Å². The number of rotatable bonds is 10. The van der Waals surface area contributed by atoms with Crippen LogP contribution in [0.25, 0.3) is 0 Å². The quantitative estimate of drug-likeness (QED) is 0.447. The summed E-state index contributed by atoms with van der Waals surface area (Å²) >= 11 is 0. The van der Waals surface area contributed by atoms with Crippen molar-refractivity contribution in [2.24, 2.45) is 0 Å². The van der Waals surface area contributed by atoms with E-state index in [4.69, 9.17) is 0 Å². The molecule has 3 aromatic carbocycles. The third-order valence-corrected chi connectivity index (χ3v) is 7.03. The fourth-order valence-electron chi connectivity index (χ4n) is 3.45. The summed E-state index contributed by atoms with van der Waals surface area (Å²) in [6.07, 6.45) is 2.35. The van der Waals surface area contributed by atoms with Crippen molar-refractivity contribution in [2.45, 2.75) is 30.8 Å². The van der Waals surface area contributed by atoms with Gasteiger partial charge >= 0.3 is 0 Å². The summed E-state index contributed by atoms with van der Waals surface area (Å²) in [5.74, 6) is -0.160. The largest absolute Gasteiger partial charge is 0.345 e. The molecule has 6 heteroatoms. The van der Waals surface area contributed by atoms with E-state index in [1.54, 1.807) is 60.7 Å². The lowest BCUT2D eigenvalue weighted by molar-refractivity contribution is 0.0935. The minimum atomic E-state index is -3.66. The molecular weight excluding hydrogens is 420 g/mol. The molecule has 166 valence electrons. The van der Waals surface area contributed by atoms with E-state index in [0.29, 0.717) is 5.56 Å². The zero-order valence-corrected chi connectivity index (χ0v) is 19.0. The molecule has 0 fully saturated rings. The average Bonchev–Trinajstić information content (AvgIpc) is 2.83. The Morgan fingerprint density at radius 1 is 0.969 bits per heavy atom. The lowest BCUT2D eigenvalue weighted by Crippen LogP contribution is -2.31. The highest BCUT2D eigenvalue weighted by molar-refractivity contribution is 7.89. The molecule has 3 aromatic rings. The van der Waals surface area contributed by atoms with Gasteiger partial charge < -0.3 is 5.32 Å². The number of carbonyl (C=O) groups excluding carboxylic acids is 1. The SMILES string of the molecule is C=CCN(Cc1ccc(C(=O)N[C@@H](CC)c2ccccc2)cc1)S(=O)(=O)c1ccccc1. The molecular formula is C26H28N2O3S. The standard InChI is InChI=1S/C26H28N2O3S/c1-3-19-28(32(30,31)24-13-9-6-10-14-24)20-21-15-17-23(18-16-21)26(29)27-25(4-2)22-11-7-5-8-12-22/h3,5-18,25H,1,4,19-20H2,2H3,(H,27,29)/t25-/m0/s1. The van der Waals surface area contributed by atoms with Gasteiger partial charge in [0, 0.05) is 18.7 Å². The number of sulfonamides is 1. The second-order valence-corrected chi connectivity index (χ2v) is 9.38. The highest BCUT2D eigenvalue weighted by Crippen LogP contribution is 2.20. The molecule has 0 aliphatic heterocycles. The lowest BCUT2D eigenvalue weighted by atomic mass is 10.0. The Hall–Kier alpha value is -3.22. The van der Waals surface area contributed by atoms with Gasteiger partial charge in [-0.15, -0.1) is 6.58 Å². The fraction of sp³-hybridized carbons (Fsp3) is 0.192. The molecule has 0 aliphatic carbocycles. The molecule has 3 rings (SSSR count). The molecule has 0 spiro atoms. The number of hydrogen-bond donors (Lipinski definition) is 1. The second-order valence-electron chi connectivity index (χ2n) is 7.44. The average molecular weight is 449 g/mol. The first-order valence-corrected chi connectivity index (χ1v) is 12.0. The van der Waals surface area contributed by atoms with Crippen LogP contribution < -0.4 is 5.32 Å². The van der Waals surface area contributed by atoms with E-state index in [1.807, 2.05) is 37.3 Å². The van der Waals surface area contributed by atoms with Gasteiger partial charge in [-0.1, -0.05) is 73.7 Å². The number of benzene rings is 3. The van der Waals surface area contributed by atoms with Crippen molar-refractivity contribution >= 4 is 15.9 Å². The predicted octanol–water partition coefficient (Wildman–Crippen LogP) is 4.94. The van der Waals surface area contributed by atoms with E-state index in [-0.39, 0.29) is 29.9 Å². The van der Waals surface area contributed by atoms with Crippen LogP contribution in [-0.4, -0.2) is 25.2 Å². The summed E-state index contributed by atoms with van der Waals surface area (Å²) in [4.78, 5) is 13.0. The Balaban J connectivity index is 1.72. The molecule has 0 aromatic heterocycles. The maximum atomic E-state index is 13.0. The normalized spacial score (nSPS) is 12.3. The van der Waals surface area contributed by atoms with Crippen molar-refractivity contribution in [3.05, 3.63) is 114 Å². The zero-order valence-electron chi connectivity index (χ0n) is 18.1. The van der Waals surface area contributed by atoms with Gasteiger partial charge in [-0.25, -0.2) is 8.42 Å². The second kappa shape index (κ2) is 10.9. The van der Waals surface area contributed by atoms with Gasteiger partial charge in [-0.3, -0.25) is 4.79 Å². The van der Waals surface area contributed by atoms with Crippen LogP contribution in [0.4, 0.5) is 0 Å². The van der Waals surface area contributed by atoms with E-state index in [1.165, 1.54) is 4.31 Å². The van der Waals surface area contributed by atoms with Gasteiger partial charge in [0.1, 0.15) is 0 Å². The van der Waals surface area contributed by atoms with Crippen LogP contribution in [-0.2, 0) is 16.6 Å². The van der Waals surface area contributed by atoms with E-state index >= 15 is 0 Å². The predicted molar refractivity (Wildman–Crippen MR) is 128 cm³/mol. The Kier molecular flexibility index (Phi) is 7.98. The summed E-state index contributed by atoms with van der Waals surface area (Å²) in [6, 6.07) is 25.2. The first-order chi connectivity index (χ1) is 15.5. The number of nitrogens with one attached hydrogen (secondary N) is 1. The minimum absolute atomic E-state index is 0.0672. The maximum Gasteiger partial charge on any atom is 0.251 e. The third kappa shape index (κ3) is 5.72. The van der Waals surface area contributed by atoms with Crippen molar-refractivity contribution < 1.29 is 13.2 Å². The van der Waals surface area contributed by atoms with Crippen molar-refractivity contribution in [2.75, 3.05) is 6.54 Å². The molecule has 32 heavy (non-hydrogen) atoms.